The minimum absolute atomic E-state index is 0.374. The van der Waals surface area contributed by atoms with Crippen LogP contribution in [0.15, 0.2) is 212 Å². The van der Waals surface area contributed by atoms with E-state index >= 15 is 0 Å². The second-order valence-corrected chi connectivity index (χ2v) is 15.5. The van der Waals surface area contributed by atoms with E-state index in [0.29, 0.717) is 35.2 Å². The summed E-state index contributed by atoms with van der Waals surface area (Å²) in [6, 6.07) is 73.3. The normalized spacial score (nSPS) is 12.6. The molecule has 12 rings (SSSR count). The molecule has 0 bridgehead atoms. The van der Waals surface area contributed by atoms with E-state index in [0.717, 1.165) is 27.9 Å². The molecule has 0 atom stereocenters. The molecule has 0 fully saturated rings. The molecule has 7 heteroatoms. The molecule has 0 unspecified atom stereocenters. The predicted molar refractivity (Wildman–Crippen MR) is 246 cm³/mol. The highest BCUT2D eigenvalue weighted by Crippen LogP contribution is 2.63. The van der Waals surface area contributed by atoms with Crippen LogP contribution in [0, 0.1) is 0 Å². The zero-order valence-electron chi connectivity index (χ0n) is 33.3. The Balaban J connectivity index is 1.17. The molecule has 0 aliphatic heterocycles. The van der Waals surface area contributed by atoms with E-state index in [1.165, 1.54) is 44.5 Å². The van der Waals surface area contributed by atoms with Gasteiger partial charge in [0.05, 0.1) is 11.1 Å². The van der Waals surface area contributed by atoms with Crippen molar-refractivity contribution in [3.63, 3.8) is 0 Å². The molecule has 0 amide bonds. The van der Waals surface area contributed by atoms with Gasteiger partial charge in [-0.3, -0.25) is 0 Å². The molecule has 0 radical (unpaired) electrons. The quantitative estimate of drug-likeness (QED) is 0.159. The Kier molecular flexibility index (Phi) is 8.25. The summed E-state index contributed by atoms with van der Waals surface area (Å²) in [5.41, 5.74) is 13.5. The zero-order chi connectivity index (χ0) is 41.0. The van der Waals surface area contributed by atoms with Gasteiger partial charge in [0, 0.05) is 22.3 Å². The highest BCUT2D eigenvalue weighted by atomic mass is 15.4. The van der Waals surface area contributed by atoms with Crippen molar-refractivity contribution in [3.8, 4) is 67.8 Å². The van der Waals surface area contributed by atoms with E-state index in [-0.39, 0.29) is 0 Å². The molecule has 1 spiro atoms. The van der Waals surface area contributed by atoms with Crippen LogP contribution in [-0.4, -0.2) is 29.9 Å². The van der Waals surface area contributed by atoms with Crippen LogP contribution in [0.25, 0.3) is 67.8 Å². The highest BCUT2D eigenvalue weighted by Gasteiger charge is 2.51. The first-order valence-electron chi connectivity index (χ1n) is 20.7. The monoisotopic (exact) mass is 793 g/mol. The Hall–Kier alpha value is -8.42. The van der Waals surface area contributed by atoms with Crippen LogP contribution in [0.3, 0.4) is 0 Å². The highest BCUT2D eigenvalue weighted by molar-refractivity contribution is 5.96. The van der Waals surface area contributed by atoms with Crippen LogP contribution < -0.4 is 4.90 Å². The maximum Gasteiger partial charge on any atom is 0.241 e. The lowest BCUT2D eigenvalue weighted by Gasteiger charge is -2.31. The standard InChI is InChI=1S/C55H35N7/c1-5-19-36(20-6-1)49-56-50(37-21-7-2-8-22-37)59-53(58-49)62(54-60-51(38-23-9-3-10-24-38)57-52(61-54)39-25-11-4-12-26-39)40-33-34-44-43-29-15-18-32-47(43)55(48(44)35-40)45-30-16-13-27-41(45)42-28-14-17-31-46(42)55/h1-35H. The second kappa shape index (κ2) is 14.4. The average Bonchev–Trinajstić information content (AvgIpc) is 3.82. The van der Waals surface area contributed by atoms with Crippen LogP contribution >= 0.6 is 0 Å². The minimum Gasteiger partial charge on any atom is -0.246 e. The summed E-state index contributed by atoms with van der Waals surface area (Å²) in [7, 11) is 0. The minimum atomic E-state index is -0.576. The SMILES string of the molecule is c1ccc(-c2nc(-c3ccccc3)nc(N(c3ccc4c(c3)C3(c5ccccc5-c5ccccc53)c3ccccc3-4)c3nc(-c4ccccc4)nc(-c4ccccc4)n3)n2)cc1. The van der Waals surface area contributed by atoms with Crippen LogP contribution in [0.4, 0.5) is 17.6 Å². The molecule has 7 nitrogen and oxygen atoms in total. The maximum absolute atomic E-state index is 5.28. The molecule has 290 valence electrons. The number of hydrogen-bond acceptors (Lipinski definition) is 7. The summed E-state index contributed by atoms with van der Waals surface area (Å²) < 4.78 is 0. The largest absolute Gasteiger partial charge is 0.246 e. The molecule has 8 aromatic carbocycles. The van der Waals surface area contributed by atoms with Crippen molar-refractivity contribution in [2.75, 3.05) is 4.90 Å². The van der Waals surface area contributed by atoms with Crippen LogP contribution in [0.2, 0.25) is 0 Å². The number of benzene rings is 8. The average molecular weight is 794 g/mol. The van der Waals surface area contributed by atoms with Gasteiger partial charge in [-0.1, -0.05) is 200 Å². The molecular weight excluding hydrogens is 759 g/mol. The zero-order valence-corrected chi connectivity index (χ0v) is 33.3. The van der Waals surface area contributed by atoms with Gasteiger partial charge in [-0.25, -0.2) is 14.9 Å². The second-order valence-electron chi connectivity index (χ2n) is 15.5. The van der Waals surface area contributed by atoms with Crippen LogP contribution in [0.1, 0.15) is 22.3 Å². The first-order chi connectivity index (χ1) is 30.7. The fourth-order valence-electron chi connectivity index (χ4n) is 9.34. The Bertz CT molecular complexity index is 3000. The third-order valence-corrected chi connectivity index (χ3v) is 12.0. The molecule has 2 aromatic heterocycles. The van der Waals surface area contributed by atoms with Gasteiger partial charge in [0.1, 0.15) is 0 Å². The van der Waals surface area contributed by atoms with Crippen molar-refractivity contribution < 1.29 is 0 Å². The summed E-state index contributed by atoms with van der Waals surface area (Å²) in [6.45, 7) is 0. The summed E-state index contributed by atoms with van der Waals surface area (Å²) in [5.74, 6) is 2.87. The van der Waals surface area contributed by atoms with Gasteiger partial charge in [0.25, 0.3) is 0 Å². The van der Waals surface area contributed by atoms with Crippen LogP contribution in [0.5, 0.6) is 0 Å². The van der Waals surface area contributed by atoms with E-state index in [9.17, 15) is 0 Å². The number of aromatic nitrogens is 6. The van der Waals surface area contributed by atoms with Gasteiger partial charge in [-0.05, 0) is 56.6 Å². The summed E-state index contributed by atoms with van der Waals surface area (Å²) in [6.07, 6.45) is 0. The van der Waals surface area contributed by atoms with E-state index in [1.807, 2.05) is 126 Å². The van der Waals surface area contributed by atoms with Gasteiger partial charge in [0.2, 0.25) is 11.9 Å². The smallest absolute Gasteiger partial charge is 0.241 e. The van der Waals surface area contributed by atoms with Gasteiger partial charge in [-0.2, -0.15) is 19.9 Å². The lowest BCUT2D eigenvalue weighted by molar-refractivity contribution is 0.793. The first kappa shape index (κ1) is 35.5. The number of rotatable bonds is 7. The molecule has 0 N–H and O–H groups in total. The van der Waals surface area contributed by atoms with Crippen molar-refractivity contribution in [3.05, 3.63) is 235 Å². The van der Waals surface area contributed by atoms with E-state index < -0.39 is 5.41 Å². The molecule has 2 heterocycles. The molecule has 62 heavy (non-hydrogen) atoms. The third-order valence-electron chi connectivity index (χ3n) is 12.0. The molecule has 2 aliphatic carbocycles. The maximum atomic E-state index is 5.28. The number of nitrogens with zero attached hydrogens (tertiary/aromatic N) is 7. The number of hydrogen-bond donors (Lipinski definition) is 0. The summed E-state index contributed by atoms with van der Waals surface area (Å²) >= 11 is 0. The van der Waals surface area contributed by atoms with Crippen LogP contribution in [-0.2, 0) is 5.41 Å². The molecular formula is C55H35N7. The number of fused-ring (bicyclic) bond motifs is 10. The fraction of sp³-hybridized carbons (Fsp3) is 0.0182. The van der Waals surface area contributed by atoms with E-state index in [4.69, 9.17) is 29.9 Å². The lowest BCUT2D eigenvalue weighted by atomic mass is 9.70. The van der Waals surface area contributed by atoms with Gasteiger partial charge in [0.15, 0.2) is 23.3 Å². The van der Waals surface area contributed by atoms with Crippen molar-refractivity contribution in [2.45, 2.75) is 5.41 Å². The Labute approximate surface area is 358 Å². The first-order valence-corrected chi connectivity index (χ1v) is 20.7. The lowest BCUT2D eigenvalue weighted by Crippen LogP contribution is -2.26. The predicted octanol–water partition coefficient (Wildman–Crippen LogP) is 12.5. The number of anilines is 3. The molecule has 2 aliphatic rings. The van der Waals surface area contributed by atoms with Crippen molar-refractivity contribution in [1.29, 1.82) is 0 Å². The van der Waals surface area contributed by atoms with Crippen molar-refractivity contribution in [2.24, 2.45) is 0 Å². The summed E-state index contributed by atoms with van der Waals surface area (Å²) in [4.78, 5) is 33.2. The summed E-state index contributed by atoms with van der Waals surface area (Å²) in [5, 5.41) is 0. The fourth-order valence-corrected chi connectivity index (χ4v) is 9.34. The van der Waals surface area contributed by atoms with Gasteiger partial charge in [-0.15, -0.1) is 0 Å². The van der Waals surface area contributed by atoms with Gasteiger partial charge >= 0.3 is 0 Å². The van der Waals surface area contributed by atoms with Crippen molar-refractivity contribution in [1.82, 2.24) is 29.9 Å². The van der Waals surface area contributed by atoms with E-state index in [1.54, 1.807) is 0 Å². The van der Waals surface area contributed by atoms with Gasteiger partial charge < -0.3 is 0 Å². The van der Waals surface area contributed by atoms with Crippen molar-refractivity contribution >= 4 is 17.6 Å². The Morgan fingerprint density at radius 3 is 0.935 bits per heavy atom. The Morgan fingerprint density at radius 1 is 0.274 bits per heavy atom. The Morgan fingerprint density at radius 2 is 0.581 bits per heavy atom. The topological polar surface area (TPSA) is 80.6 Å². The molecule has 10 aromatic rings. The van der Waals surface area contributed by atoms with E-state index in [2.05, 4.69) is 91.0 Å². The molecule has 0 saturated carbocycles. The third kappa shape index (κ3) is 5.59. The molecule has 0 saturated heterocycles.